The zero-order valence-corrected chi connectivity index (χ0v) is 13.9. The Kier molecular flexibility index (Phi) is 3.92. The van der Waals surface area contributed by atoms with E-state index in [4.69, 9.17) is 0 Å². The highest BCUT2D eigenvalue weighted by Gasteiger charge is 2.38. The van der Waals surface area contributed by atoms with Crippen LogP contribution in [0.3, 0.4) is 0 Å². The van der Waals surface area contributed by atoms with Gasteiger partial charge in [0.1, 0.15) is 0 Å². The van der Waals surface area contributed by atoms with Gasteiger partial charge < -0.3 is 10.2 Å². The minimum absolute atomic E-state index is 0.177. The van der Waals surface area contributed by atoms with Gasteiger partial charge in [-0.05, 0) is 61.7 Å². The van der Waals surface area contributed by atoms with Crippen LogP contribution in [0.2, 0.25) is 0 Å². The molecule has 0 spiro atoms. The SMILES string of the molecule is Cc1cc(Br)c(NC2CC3CCC(C2)N3C)cc1[N+](=O)[O-]. The summed E-state index contributed by atoms with van der Waals surface area (Å²) in [7, 11) is 2.21. The van der Waals surface area contributed by atoms with Crippen LogP contribution in [0.4, 0.5) is 11.4 Å². The molecule has 21 heavy (non-hydrogen) atoms. The van der Waals surface area contributed by atoms with Crippen LogP contribution in [0, 0.1) is 17.0 Å². The van der Waals surface area contributed by atoms with Crippen LogP contribution in [-0.2, 0) is 0 Å². The summed E-state index contributed by atoms with van der Waals surface area (Å²) < 4.78 is 0.900. The molecule has 2 bridgehead atoms. The van der Waals surface area contributed by atoms with E-state index in [0.29, 0.717) is 23.7 Å². The van der Waals surface area contributed by atoms with Crippen molar-refractivity contribution in [2.75, 3.05) is 12.4 Å². The van der Waals surface area contributed by atoms with Crippen molar-refractivity contribution < 1.29 is 4.92 Å². The molecule has 0 aliphatic carbocycles. The molecule has 3 rings (SSSR count). The number of piperidine rings is 1. The van der Waals surface area contributed by atoms with Crippen molar-refractivity contribution in [3.05, 3.63) is 32.3 Å². The van der Waals surface area contributed by atoms with Crippen molar-refractivity contribution >= 4 is 27.3 Å². The number of nitrogens with zero attached hydrogens (tertiary/aromatic N) is 2. The summed E-state index contributed by atoms with van der Waals surface area (Å²) in [6.45, 7) is 1.77. The van der Waals surface area contributed by atoms with Gasteiger partial charge in [0.25, 0.3) is 5.69 Å². The molecule has 0 radical (unpaired) electrons. The van der Waals surface area contributed by atoms with Gasteiger partial charge in [-0.3, -0.25) is 10.1 Å². The van der Waals surface area contributed by atoms with Gasteiger partial charge >= 0.3 is 0 Å². The Morgan fingerprint density at radius 3 is 2.52 bits per heavy atom. The first kappa shape index (κ1) is 14.8. The molecule has 0 amide bonds. The average molecular weight is 354 g/mol. The largest absolute Gasteiger partial charge is 0.381 e. The van der Waals surface area contributed by atoms with Gasteiger partial charge in [0.2, 0.25) is 0 Å². The van der Waals surface area contributed by atoms with Crippen LogP contribution in [-0.4, -0.2) is 35.0 Å². The summed E-state index contributed by atoms with van der Waals surface area (Å²) in [4.78, 5) is 13.3. The van der Waals surface area contributed by atoms with Crippen molar-refractivity contribution in [1.82, 2.24) is 4.90 Å². The molecule has 2 unspecified atom stereocenters. The molecule has 1 aromatic rings. The number of hydrogen-bond donors (Lipinski definition) is 1. The van der Waals surface area contributed by atoms with Gasteiger partial charge in [0.05, 0.1) is 10.6 Å². The second kappa shape index (κ2) is 5.57. The first-order chi connectivity index (χ1) is 9.95. The van der Waals surface area contributed by atoms with E-state index < -0.39 is 0 Å². The molecule has 5 nitrogen and oxygen atoms in total. The second-order valence-corrected chi connectivity index (χ2v) is 7.09. The molecule has 2 fully saturated rings. The van der Waals surface area contributed by atoms with Gasteiger partial charge in [-0.15, -0.1) is 0 Å². The lowest BCUT2D eigenvalue weighted by molar-refractivity contribution is -0.385. The molecular weight excluding hydrogens is 334 g/mol. The third kappa shape index (κ3) is 2.79. The number of nitrogens with one attached hydrogen (secondary N) is 1. The fourth-order valence-corrected chi connectivity index (χ4v) is 4.29. The lowest BCUT2D eigenvalue weighted by atomic mass is 9.97. The van der Waals surface area contributed by atoms with Crippen LogP contribution >= 0.6 is 15.9 Å². The van der Waals surface area contributed by atoms with Crippen LogP contribution in [0.5, 0.6) is 0 Å². The van der Waals surface area contributed by atoms with Crippen LogP contribution in [0.1, 0.15) is 31.2 Å². The molecule has 2 saturated heterocycles. The molecule has 1 aromatic carbocycles. The Morgan fingerprint density at radius 1 is 1.33 bits per heavy atom. The number of hydrogen-bond acceptors (Lipinski definition) is 4. The summed E-state index contributed by atoms with van der Waals surface area (Å²) in [6, 6.07) is 5.18. The van der Waals surface area contributed by atoms with E-state index in [1.54, 1.807) is 13.0 Å². The summed E-state index contributed by atoms with van der Waals surface area (Å²) in [6.07, 6.45) is 4.77. The smallest absolute Gasteiger partial charge is 0.274 e. The Labute approximate surface area is 133 Å². The van der Waals surface area contributed by atoms with E-state index in [2.05, 4.69) is 33.2 Å². The van der Waals surface area contributed by atoms with Gasteiger partial charge in [0, 0.05) is 34.2 Å². The highest BCUT2D eigenvalue weighted by atomic mass is 79.9. The van der Waals surface area contributed by atoms with E-state index in [0.717, 1.165) is 23.0 Å². The standard InChI is InChI=1S/C15H20BrN3O2/c1-9-5-13(16)14(8-15(9)19(20)21)17-10-6-11-3-4-12(7-10)18(11)2/h5,8,10-12,17H,3-4,6-7H2,1-2H3. The van der Waals surface area contributed by atoms with Crippen LogP contribution in [0.25, 0.3) is 0 Å². The summed E-state index contributed by atoms with van der Waals surface area (Å²) in [5.74, 6) is 0. The van der Waals surface area contributed by atoms with Gasteiger partial charge in [-0.25, -0.2) is 0 Å². The van der Waals surface area contributed by atoms with Crippen molar-refractivity contribution in [3.8, 4) is 0 Å². The molecular formula is C15H20BrN3O2. The number of anilines is 1. The maximum atomic E-state index is 11.1. The zero-order chi connectivity index (χ0) is 15.1. The van der Waals surface area contributed by atoms with Crippen molar-refractivity contribution in [3.63, 3.8) is 0 Å². The molecule has 0 saturated carbocycles. The van der Waals surface area contributed by atoms with Gasteiger partial charge in [-0.1, -0.05) is 0 Å². The monoisotopic (exact) mass is 353 g/mol. The summed E-state index contributed by atoms with van der Waals surface area (Å²) in [5.41, 5.74) is 1.69. The number of aryl methyl sites for hydroxylation is 1. The topological polar surface area (TPSA) is 58.4 Å². The van der Waals surface area contributed by atoms with E-state index in [1.807, 2.05) is 6.07 Å². The minimum Gasteiger partial charge on any atom is -0.381 e. The maximum Gasteiger partial charge on any atom is 0.274 e. The lowest BCUT2D eigenvalue weighted by Gasteiger charge is -2.37. The third-order valence-electron chi connectivity index (χ3n) is 4.94. The molecule has 2 aliphatic heterocycles. The highest BCUT2D eigenvalue weighted by molar-refractivity contribution is 9.10. The Balaban J connectivity index is 1.79. The zero-order valence-electron chi connectivity index (χ0n) is 12.3. The normalized spacial score (nSPS) is 28.6. The van der Waals surface area contributed by atoms with E-state index in [1.165, 1.54) is 12.8 Å². The first-order valence-electron chi connectivity index (χ1n) is 7.38. The summed E-state index contributed by atoms with van der Waals surface area (Å²) >= 11 is 3.52. The summed E-state index contributed by atoms with van der Waals surface area (Å²) in [5, 5.41) is 14.6. The number of nitro benzene ring substituents is 1. The highest BCUT2D eigenvalue weighted by Crippen LogP contribution is 2.37. The lowest BCUT2D eigenvalue weighted by Crippen LogP contribution is -2.44. The fraction of sp³-hybridized carbons (Fsp3) is 0.600. The molecule has 114 valence electrons. The minimum atomic E-state index is -0.314. The van der Waals surface area contributed by atoms with Crippen molar-refractivity contribution in [2.45, 2.75) is 50.7 Å². The third-order valence-corrected chi connectivity index (χ3v) is 5.60. The average Bonchev–Trinajstić information content (AvgIpc) is 2.63. The number of fused-ring (bicyclic) bond motifs is 2. The van der Waals surface area contributed by atoms with Crippen LogP contribution in [0.15, 0.2) is 16.6 Å². The predicted molar refractivity (Wildman–Crippen MR) is 86.8 cm³/mol. The number of rotatable bonds is 3. The Hall–Kier alpha value is -1.14. The van der Waals surface area contributed by atoms with Gasteiger partial charge in [-0.2, -0.15) is 0 Å². The molecule has 2 aliphatic rings. The maximum absolute atomic E-state index is 11.1. The Morgan fingerprint density at radius 2 is 1.95 bits per heavy atom. The quantitative estimate of drug-likeness (QED) is 0.664. The molecule has 6 heteroatoms. The fourth-order valence-electron chi connectivity index (χ4n) is 3.72. The van der Waals surface area contributed by atoms with Crippen molar-refractivity contribution in [1.29, 1.82) is 0 Å². The van der Waals surface area contributed by atoms with Gasteiger partial charge in [0.15, 0.2) is 0 Å². The number of benzene rings is 1. The van der Waals surface area contributed by atoms with E-state index in [9.17, 15) is 10.1 Å². The van der Waals surface area contributed by atoms with Crippen LogP contribution < -0.4 is 5.32 Å². The first-order valence-corrected chi connectivity index (χ1v) is 8.18. The second-order valence-electron chi connectivity index (χ2n) is 6.24. The van der Waals surface area contributed by atoms with Crippen molar-refractivity contribution in [2.24, 2.45) is 0 Å². The molecule has 0 aromatic heterocycles. The molecule has 2 heterocycles. The predicted octanol–water partition coefficient (Wildman–Crippen LogP) is 3.70. The Bertz CT molecular complexity index is 564. The number of nitro groups is 1. The molecule has 1 N–H and O–H groups in total. The molecule has 2 atom stereocenters. The van der Waals surface area contributed by atoms with E-state index in [-0.39, 0.29) is 10.6 Å². The van der Waals surface area contributed by atoms with E-state index >= 15 is 0 Å². The number of halogens is 1.